The quantitative estimate of drug-likeness (QED) is 0.391. The number of rotatable bonds is 4. The van der Waals surface area contributed by atoms with Gasteiger partial charge in [-0.25, -0.2) is 0 Å². The smallest absolute Gasteiger partial charge is 0.338 e. The van der Waals surface area contributed by atoms with Crippen LogP contribution in [-0.2, 0) is 11.9 Å². The summed E-state index contributed by atoms with van der Waals surface area (Å²) in [6.07, 6.45) is -3.65. The topological polar surface area (TPSA) is 69.1 Å². The minimum Gasteiger partial charge on any atom is -0.338 e. The Balaban J connectivity index is 1.58. The second-order valence-corrected chi connectivity index (χ2v) is 7.29. The van der Waals surface area contributed by atoms with E-state index in [9.17, 15) is 13.2 Å². The number of alkyl halides is 3. The lowest BCUT2D eigenvalue weighted by Crippen LogP contribution is -2.07. The molecule has 3 aromatic heterocycles. The molecule has 0 aliphatic carbocycles. The van der Waals surface area contributed by atoms with E-state index in [1.165, 1.54) is 4.40 Å². The van der Waals surface area contributed by atoms with Gasteiger partial charge in [-0.2, -0.15) is 18.2 Å². The summed E-state index contributed by atoms with van der Waals surface area (Å²) in [7, 11) is 0. The van der Waals surface area contributed by atoms with E-state index in [2.05, 4.69) is 20.3 Å². The van der Waals surface area contributed by atoms with Crippen molar-refractivity contribution in [1.82, 2.24) is 24.7 Å². The van der Waals surface area contributed by atoms with Gasteiger partial charge in [-0.3, -0.25) is 4.40 Å². The van der Waals surface area contributed by atoms with Gasteiger partial charge in [0.25, 0.3) is 0 Å². The van der Waals surface area contributed by atoms with Gasteiger partial charge < -0.3 is 4.52 Å². The Morgan fingerprint density at radius 1 is 1.11 bits per heavy atom. The average molecular weight is 446 g/mol. The fraction of sp³-hybridized carbons (Fsp3) is 0.125. The zero-order valence-electron chi connectivity index (χ0n) is 13.6. The summed E-state index contributed by atoms with van der Waals surface area (Å²) in [5, 5.41) is 12.1. The van der Waals surface area contributed by atoms with Crippen LogP contribution in [0.3, 0.4) is 0 Å². The molecule has 4 rings (SSSR count). The summed E-state index contributed by atoms with van der Waals surface area (Å²) in [5.41, 5.74) is -0.163. The van der Waals surface area contributed by atoms with Crippen molar-refractivity contribution in [3.8, 4) is 11.4 Å². The molecule has 0 saturated heterocycles. The van der Waals surface area contributed by atoms with Crippen molar-refractivity contribution in [1.29, 1.82) is 0 Å². The predicted molar refractivity (Wildman–Crippen MR) is 97.3 cm³/mol. The largest absolute Gasteiger partial charge is 0.417 e. The molecule has 0 aliphatic heterocycles. The first kappa shape index (κ1) is 19.0. The first-order chi connectivity index (χ1) is 13.3. The van der Waals surface area contributed by atoms with Gasteiger partial charge in [-0.1, -0.05) is 52.3 Å². The molecular weight excluding hydrogens is 438 g/mol. The van der Waals surface area contributed by atoms with Crippen LogP contribution < -0.4 is 0 Å². The van der Waals surface area contributed by atoms with Crippen molar-refractivity contribution >= 4 is 40.6 Å². The Morgan fingerprint density at radius 2 is 1.89 bits per heavy atom. The fourth-order valence-corrected chi connectivity index (χ4v) is 3.59. The van der Waals surface area contributed by atoms with E-state index in [1.807, 2.05) is 0 Å². The molecular formula is C16H8Cl2F3N5OS. The van der Waals surface area contributed by atoms with Gasteiger partial charge in [0.1, 0.15) is 0 Å². The summed E-state index contributed by atoms with van der Waals surface area (Å²) < 4.78 is 45.4. The van der Waals surface area contributed by atoms with E-state index in [-0.39, 0.29) is 27.5 Å². The van der Waals surface area contributed by atoms with Crippen molar-refractivity contribution in [2.45, 2.75) is 17.1 Å². The highest BCUT2D eigenvalue weighted by molar-refractivity contribution is 7.98. The van der Waals surface area contributed by atoms with Crippen LogP contribution in [0.1, 0.15) is 11.5 Å². The molecule has 1 aromatic carbocycles. The van der Waals surface area contributed by atoms with Gasteiger partial charge in [-0.05, 0) is 18.2 Å². The Kier molecular flexibility index (Phi) is 4.94. The monoisotopic (exact) mass is 445 g/mol. The second-order valence-electron chi connectivity index (χ2n) is 5.53. The van der Waals surface area contributed by atoms with Crippen LogP contribution in [-0.4, -0.2) is 24.7 Å². The number of halogens is 5. The second kappa shape index (κ2) is 7.26. The number of hydrogen-bond donors (Lipinski definition) is 0. The number of aromatic nitrogens is 5. The van der Waals surface area contributed by atoms with Crippen LogP contribution >= 0.6 is 35.0 Å². The maximum Gasteiger partial charge on any atom is 0.417 e. The van der Waals surface area contributed by atoms with E-state index in [0.717, 1.165) is 24.0 Å². The summed E-state index contributed by atoms with van der Waals surface area (Å²) in [4.78, 5) is 4.25. The molecule has 144 valence electrons. The maximum absolute atomic E-state index is 13.0. The molecule has 0 fully saturated rings. The van der Waals surface area contributed by atoms with E-state index >= 15 is 0 Å². The van der Waals surface area contributed by atoms with Crippen molar-refractivity contribution in [3.05, 3.63) is 58.0 Å². The molecule has 0 aliphatic rings. The molecule has 0 bridgehead atoms. The normalized spacial score (nSPS) is 12.0. The summed E-state index contributed by atoms with van der Waals surface area (Å²) >= 11 is 13.1. The van der Waals surface area contributed by atoms with Crippen LogP contribution in [0.4, 0.5) is 13.2 Å². The van der Waals surface area contributed by atoms with Crippen LogP contribution in [0.2, 0.25) is 10.0 Å². The molecule has 0 spiro atoms. The predicted octanol–water partition coefficient (Wildman–Crippen LogP) is 5.40. The van der Waals surface area contributed by atoms with Crippen molar-refractivity contribution in [3.63, 3.8) is 0 Å². The van der Waals surface area contributed by atoms with Gasteiger partial charge in [0, 0.05) is 11.8 Å². The maximum atomic E-state index is 13.0. The van der Waals surface area contributed by atoms with E-state index in [0.29, 0.717) is 16.4 Å². The summed E-state index contributed by atoms with van der Waals surface area (Å²) in [5.74, 6) is 0.746. The van der Waals surface area contributed by atoms with Gasteiger partial charge >= 0.3 is 6.18 Å². The van der Waals surface area contributed by atoms with Crippen molar-refractivity contribution in [2.24, 2.45) is 0 Å². The molecule has 3 heterocycles. The first-order valence-electron chi connectivity index (χ1n) is 7.64. The molecule has 4 aromatic rings. The van der Waals surface area contributed by atoms with E-state index in [4.69, 9.17) is 27.7 Å². The summed E-state index contributed by atoms with van der Waals surface area (Å²) in [6.45, 7) is 0. The first-order valence-corrected chi connectivity index (χ1v) is 9.39. The minimum absolute atomic E-state index is 0.124. The standard InChI is InChI=1S/C16H8Cl2F3N5OS/c17-10-4-2-1-3-9(10)13-22-12(27-25-13)7-28-15-24-23-14-11(18)5-8(6-26(14)15)16(19,20)21/h1-6H,7H2. The molecule has 0 amide bonds. The highest BCUT2D eigenvalue weighted by Crippen LogP contribution is 2.34. The highest BCUT2D eigenvalue weighted by Gasteiger charge is 2.32. The van der Waals surface area contributed by atoms with Crippen LogP contribution in [0.15, 0.2) is 46.2 Å². The molecule has 0 saturated carbocycles. The molecule has 0 radical (unpaired) electrons. The van der Waals surface area contributed by atoms with E-state index < -0.39 is 11.7 Å². The van der Waals surface area contributed by atoms with Crippen molar-refractivity contribution < 1.29 is 17.7 Å². The van der Waals surface area contributed by atoms with E-state index in [1.54, 1.807) is 24.3 Å². The average Bonchev–Trinajstić information content (AvgIpc) is 3.26. The number of pyridine rings is 1. The third-order valence-electron chi connectivity index (χ3n) is 3.66. The highest BCUT2D eigenvalue weighted by atomic mass is 35.5. The Bertz CT molecular complexity index is 1160. The Morgan fingerprint density at radius 3 is 2.64 bits per heavy atom. The number of nitrogens with zero attached hydrogens (tertiary/aromatic N) is 5. The molecule has 12 heteroatoms. The molecule has 0 N–H and O–H groups in total. The number of benzene rings is 1. The zero-order valence-corrected chi connectivity index (χ0v) is 15.9. The fourth-order valence-electron chi connectivity index (χ4n) is 2.38. The lowest BCUT2D eigenvalue weighted by Gasteiger charge is -2.08. The lowest BCUT2D eigenvalue weighted by atomic mass is 10.2. The Hall–Kier alpha value is -2.30. The third kappa shape index (κ3) is 3.67. The lowest BCUT2D eigenvalue weighted by molar-refractivity contribution is -0.137. The van der Waals surface area contributed by atoms with Crippen LogP contribution in [0.5, 0.6) is 0 Å². The van der Waals surface area contributed by atoms with Gasteiger partial charge in [0.05, 0.1) is 21.4 Å². The zero-order chi connectivity index (χ0) is 19.9. The van der Waals surface area contributed by atoms with Gasteiger partial charge in [-0.15, -0.1) is 10.2 Å². The minimum atomic E-state index is -4.54. The molecule has 6 nitrogen and oxygen atoms in total. The molecule has 0 atom stereocenters. The van der Waals surface area contributed by atoms with Crippen molar-refractivity contribution in [2.75, 3.05) is 0 Å². The number of thioether (sulfide) groups is 1. The Labute approximate surface area is 169 Å². The molecule has 28 heavy (non-hydrogen) atoms. The summed E-state index contributed by atoms with van der Waals surface area (Å²) in [6, 6.07) is 7.83. The van der Waals surface area contributed by atoms with Crippen LogP contribution in [0, 0.1) is 0 Å². The van der Waals surface area contributed by atoms with Gasteiger partial charge in [0.15, 0.2) is 10.8 Å². The van der Waals surface area contributed by atoms with Crippen LogP contribution in [0.25, 0.3) is 17.0 Å². The number of hydrogen-bond acceptors (Lipinski definition) is 6. The SMILES string of the molecule is FC(F)(F)c1cc(Cl)c2nnc(SCc3nc(-c4ccccc4Cl)no3)n2c1. The molecule has 0 unspecified atom stereocenters. The number of fused-ring (bicyclic) bond motifs is 1. The third-order valence-corrected chi connectivity index (χ3v) is 5.20. The van der Waals surface area contributed by atoms with Gasteiger partial charge in [0.2, 0.25) is 11.7 Å².